The van der Waals surface area contributed by atoms with Crippen LogP contribution in [0, 0.1) is 0 Å². The van der Waals surface area contributed by atoms with Crippen molar-refractivity contribution in [2.75, 3.05) is 19.1 Å². The Morgan fingerprint density at radius 1 is 1.60 bits per heavy atom. The summed E-state index contributed by atoms with van der Waals surface area (Å²) in [6.45, 7) is 0. The summed E-state index contributed by atoms with van der Waals surface area (Å²) in [5, 5.41) is 11.3. The Morgan fingerprint density at radius 2 is 2.00 bits per heavy atom. The van der Waals surface area contributed by atoms with Gasteiger partial charge in [-0.2, -0.15) is 20.2 Å². The number of halogens is 1. The van der Waals surface area contributed by atoms with Crippen LogP contribution in [-0.4, -0.2) is 49.1 Å². The average Bonchev–Trinajstić information content (AvgIpc) is 2.02. The van der Waals surface area contributed by atoms with Crippen LogP contribution in [0.1, 0.15) is 6.42 Å². The Bertz CT molecular complexity index is 261. The number of nitrogens with one attached hydrogen (secondary N) is 1. The van der Waals surface area contributed by atoms with Crippen molar-refractivity contribution in [3.63, 3.8) is 0 Å². The highest BCUT2D eigenvalue weighted by Gasteiger charge is 2.12. The molecule has 0 aliphatic carbocycles. The zero-order chi connectivity index (χ0) is 12.5. The first kappa shape index (κ1) is 17.4. The molecule has 0 aliphatic rings. The summed E-state index contributed by atoms with van der Waals surface area (Å²) in [5.74, 6) is 0.120. The molecule has 0 unspecified atom stereocenters. The summed E-state index contributed by atoms with van der Waals surface area (Å²) in [4.78, 5) is 10.4. The molecule has 6 nitrogen and oxygen atoms in total. The standard InChI is InChI=1S/C6H13NO2S.ClHO3S/c1-7-5(6(8)9)3-4-10-2;1-5(2,3)4/h5,7H,3-4H2,1-2H3,(H,8,9);(H,2,3,4)/t5-;/m0./s1. The fourth-order valence-electron chi connectivity index (χ4n) is 0.627. The summed E-state index contributed by atoms with van der Waals surface area (Å²) >= 11 is 1.66. The SMILES string of the molecule is CN[C@@H](CCSC)C(=O)O.O=S(=O)(O)Cl. The predicted octanol–water partition coefficient (Wildman–Crippen LogP) is 0.440. The maximum atomic E-state index is 10.4. The molecule has 3 N–H and O–H groups in total. The average molecular weight is 280 g/mol. The number of likely N-dealkylation sites (N-methyl/N-ethyl adjacent to an activating group) is 1. The van der Waals surface area contributed by atoms with Gasteiger partial charge in [0.25, 0.3) is 0 Å². The molecule has 0 spiro atoms. The Morgan fingerprint density at radius 3 is 2.20 bits per heavy atom. The van der Waals surface area contributed by atoms with E-state index in [0.717, 1.165) is 5.75 Å². The van der Waals surface area contributed by atoms with Gasteiger partial charge in [0.15, 0.2) is 0 Å². The highest BCUT2D eigenvalue weighted by atomic mass is 35.7. The second-order valence-corrected chi connectivity index (χ2v) is 5.35. The van der Waals surface area contributed by atoms with Crippen LogP contribution in [0.2, 0.25) is 0 Å². The summed E-state index contributed by atoms with van der Waals surface area (Å²) in [5.41, 5.74) is 0. The number of rotatable bonds is 5. The minimum Gasteiger partial charge on any atom is -0.480 e. The molecule has 92 valence electrons. The van der Waals surface area contributed by atoms with Crippen LogP contribution < -0.4 is 5.32 Å². The van der Waals surface area contributed by atoms with Crippen LogP contribution >= 0.6 is 22.4 Å². The highest BCUT2D eigenvalue weighted by Crippen LogP contribution is 1.99. The fraction of sp³-hybridized carbons (Fsp3) is 0.833. The minimum atomic E-state index is -4.19. The number of hydrogen-bond donors (Lipinski definition) is 3. The Hall–Kier alpha value is -0.0200. The van der Waals surface area contributed by atoms with Crippen molar-refractivity contribution in [1.82, 2.24) is 5.32 Å². The van der Waals surface area contributed by atoms with E-state index in [9.17, 15) is 4.79 Å². The number of carboxylic acids is 1. The largest absolute Gasteiger partial charge is 0.480 e. The normalized spacial score (nSPS) is 12.5. The molecule has 0 radical (unpaired) electrons. The first-order valence-electron chi connectivity index (χ1n) is 3.78. The molecule has 1 atom stereocenters. The van der Waals surface area contributed by atoms with Gasteiger partial charge >= 0.3 is 15.3 Å². The number of hydrogen-bond acceptors (Lipinski definition) is 5. The Kier molecular flexibility index (Phi) is 10.7. The van der Waals surface area contributed by atoms with E-state index in [4.69, 9.17) is 18.1 Å². The number of carboxylic acid groups (broad SMARTS) is 1. The molecule has 0 aromatic carbocycles. The zero-order valence-corrected chi connectivity index (χ0v) is 10.7. The molecule has 0 saturated carbocycles. The molecule has 0 rings (SSSR count). The van der Waals surface area contributed by atoms with E-state index >= 15 is 0 Å². The van der Waals surface area contributed by atoms with Gasteiger partial charge in [-0.1, -0.05) is 0 Å². The van der Waals surface area contributed by atoms with Crippen LogP contribution in [0.25, 0.3) is 0 Å². The second kappa shape index (κ2) is 9.22. The zero-order valence-electron chi connectivity index (χ0n) is 8.31. The van der Waals surface area contributed by atoms with Gasteiger partial charge in [-0.3, -0.25) is 9.35 Å². The minimum absolute atomic E-state index is 0.382. The number of carbonyl (C=O) groups is 1. The van der Waals surface area contributed by atoms with Gasteiger partial charge in [-0.25, -0.2) is 0 Å². The van der Waals surface area contributed by atoms with Crippen molar-refractivity contribution in [3.05, 3.63) is 0 Å². The van der Waals surface area contributed by atoms with Crippen molar-refractivity contribution in [1.29, 1.82) is 0 Å². The summed E-state index contributed by atoms with van der Waals surface area (Å²) < 4.78 is 25.2. The molecule has 0 saturated heterocycles. The highest BCUT2D eigenvalue weighted by molar-refractivity contribution is 8.09. The van der Waals surface area contributed by atoms with Gasteiger partial charge in [0.2, 0.25) is 0 Å². The fourth-order valence-corrected chi connectivity index (χ4v) is 1.10. The van der Waals surface area contributed by atoms with Gasteiger partial charge in [0.05, 0.1) is 0 Å². The molecule has 15 heavy (non-hydrogen) atoms. The van der Waals surface area contributed by atoms with Crippen molar-refractivity contribution < 1.29 is 22.9 Å². The van der Waals surface area contributed by atoms with Crippen molar-refractivity contribution in [2.45, 2.75) is 12.5 Å². The molecule has 0 aliphatic heterocycles. The first-order valence-corrected chi connectivity index (χ1v) is 7.44. The van der Waals surface area contributed by atoms with Gasteiger partial charge in [-0.05, 0) is 25.5 Å². The summed E-state index contributed by atoms with van der Waals surface area (Å²) in [6, 6.07) is -0.382. The molecule has 0 fully saturated rings. The predicted molar refractivity (Wildman–Crippen MR) is 60.9 cm³/mol. The molecule has 0 bridgehead atoms. The van der Waals surface area contributed by atoms with Gasteiger partial charge in [0.1, 0.15) is 6.04 Å². The maximum Gasteiger partial charge on any atom is 0.353 e. The van der Waals surface area contributed by atoms with E-state index in [-0.39, 0.29) is 6.04 Å². The first-order chi connectivity index (χ1) is 6.72. The molecule has 0 amide bonds. The topological polar surface area (TPSA) is 104 Å². The van der Waals surface area contributed by atoms with Crippen LogP contribution in [-0.2, 0) is 14.1 Å². The molecule has 0 heterocycles. The Balaban J connectivity index is 0. The van der Waals surface area contributed by atoms with E-state index < -0.39 is 15.3 Å². The number of aliphatic carboxylic acids is 1. The van der Waals surface area contributed by atoms with E-state index in [1.807, 2.05) is 6.26 Å². The third kappa shape index (κ3) is 20.1. The third-order valence-corrected chi connectivity index (χ3v) is 1.90. The smallest absolute Gasteiger partial charge is 0.353 e. The molecule has 9 heteroatoms. The maximum absolute atomic E-state index is 10.4. The molecular weight excluding hydrogens is 266 g/mol. The van der Waals surface area contributed by atoms with Crippen LogP contribution in [0.15, 0.2) is 0 Å². The molecule has 0 aromatic heterocycles. The van der Waals surface area contributed by atoms with E-state index in [1.165, 1.54) is 0 Å². The van der Waals surface area contributed by atoms with Crippen molar-refractivity contribution in [3.8, 4) is 0 Å². The second-order valence-electron chi connectivity index (χ2n) is 2.37. The van der Waals surface area contributed by atoms with Gasteiger partial charge < -0.3 is 10.4 Å². The van der Waals surface area contributed by atoms with Gasteiger partial charge in [-0.15, -0.1) is 0 Å². The molecule has 0 aromatic rings. The summed E-state index contributed by atoms with van der Waals surface area (Å²) in [6.07, 6.45) is 2.65. The third-order valence-electron chi connectivity index (χ3n) is 1.26. The quantitative estimate of drug-likeness (QED) is 0.495. The van der Waals surface area contributed by atoms with Crippen molar-refractivity contribution >= 4 is 37.7 Å². The van der Waals surface area contributed by atoms with E-state index in [2.05, 4.69) is 16.0 Å². The van der Waals surface area contributed by atoms with E-state index in [0.29, 0.717) is 6.42 Å². The van der Waals surface area contributed by atoms with E-state index in [1.54, 1.807) is 18.8 Å². The lowest BCUT2D eigenvalue weighted by molar-refractivity contribution is -0.139. The van der Waals surface area contributed by atoms with Crippen LogP contribution in [0.4, 0.5) is 0 Å². The summed E-state index contributed by atoms with van der Waals surface area (Å²) in [7, 11) is 1.53. The van der Waals surface area contributed by atoms with Crippen LogP contribution in [0.3, 0.4) is 0 Å². The Labute approximate surface area is 97.6 Å². The lowest BCUT2D eigenvalue weighted by atomic mass is 10.2. The van der Waals surface area contributed by atoms with Crippen LogP contribution in [0.5, 0.6) is 0 Å². The number of thioether (sulfide) groups is 1. The lowest BCUT2D eigenvalue weighted by Crippen LogP contribution is -2.34. The van der Waals surface area contributed by atoms with Gasteiger partial charge in [0, 0.05) is 10.7 Å². The van der Waals surface area contributed by atoms with Crippen molar-refractivity contribution in [2.24, 2.45) is 0 Å². The monoisotopic (exact) mass is 279 g/mol. The lowest BCUT2D eigenvalue weighted by Gasteiger charge is -2.08. The molecular formula is C6H14ClNO5S2.